The molecule has 0 saturated carbocycles. The summed E-state index contributed by atoms with van der Waals surface area (Å²) < 4.78 is 4.80. The molecule has 0 bridgehead atoms. The number of unbranched alkanes of at least 4 members (excludes halogenated alkanes) is 5. The Kier molecular flexibility index (Phi) is 9.76. The van der Waals surface area contributed by atoms with E-state index >= 15 is 0 Å². The number of ether oxygens (including phenoxy) is 1. The molecule has 128 valence electrons. The first-order chi connectivity index (χ1) is 11.1. The Labute approximate surface area is 138 Å². The van der Waals surface area contributed by atoms with Gasteiger partial charge in [-0.2, -0.15) is 0 Å². The Bertz CT molecular complexity index is 456. The number of aryl methyl sites for hydroxylation is 1. The molecule has 0 spiro atoms. The standard InChI is InChI=1S/C19H28O4/c1-2-23-19(22)17(18(20)21)15-11-6-4-3-5-8-12-16-13-9-7-10-14-16/h7,9-10,13-14,17H,2-6,8,11-12,15H2,1H3,(H,20,21). The van der Waals surface area contributed by atoms with Gasteiger partial charge in [0.2, 0.25) is 0 Å². The number of hydrogen-bond acceptors (Lipinski definition) is 3. The van der Waals surface area contributed by atoms with Gasteiger partial charge in [-0.15, -0.1) is 0 Å². The van der Waals surface area contributed by atoms with Gasteiger partial charge in [-0.1, -0.05) is 62.4 Å². The maximum Gasteiger partial charge on any atom is 0.320 e. The molecule has 0 aromatic heterocycles. The Morgan fingerprint density at radius 3 is 2.22 bits per heavy atom. The second-order valence-corrected chi connectivity index (χ2v) is 5.79. The number of carbonyl (C=O) groups excluding carboxylic acids is 1. The van der Waals surface area contributed by atoms with Crippen LogP contribution in [0, 0.1) is 5.92 Å². The van der Waals surface area contributed by atoms with E-state index in [1.54, 1.807) is 6.92 Å². The fraction of sp³-hybridized carbons (Fsp3) is 0.579. The van der Waals surface area contributed by atoms with E-state index in [2.05, 4.69) is 24.3 Å². The van der Waals surface area contributed by atoms with Crippen LogP contribution in [0.25, 0.3) is 0 Å². The number of hydrogen-bond donors (Lipinski definition) is 1. The predicted molar refractivity (Wildman–Crippen MR) is 90.2 cm³/mol. The highest BCUT2D eigenvalue weighted by Gasteiger charge is 2.26. The van der Waals surface area contributed by atoms with E-state index in [1.165, 1.54) is 18.4 Å². The van der Waals surface area contributed by atoms with Gasteiger partial charge in [0, 0.05) is 0 Å². The molecular weight excluding hydrogens is 292 g/mol. The van der Waals surface area contributed by atoms with Crippen molar-refractivity contribution in [3.8, 4) is 0 Å². The van der Waals surface area contributed by atoms with Crippen molar-refractivity contribution < 1.29 is 19.4 Å². The predicted octanol–water partition coefficient (Wildman–Crippen LogP) is 4.22. The molecule has 1 rings (SSSR count). The zero-order valence-corrected chi connectivity index (χ0v) is 14.0. The van der Waals surface area contributed by atoms with Gasteiger partial charge in [0.25, 0.3) is 0 Å². The van der Waals surface area contributed by atoms with Gasteiger partial charge < -0.3 is 9.84 Å². The Balaban J connectivity index is 2.05. The molecule has 0 aliphatic carbocycles. The molecule has 0 aliphatic heterocycles. The normalized spacial score (nSPS) is 11.9. The van der Waals surface area contributed by atoms with Crippen molar-refractivity contribution in [2.45, 2.75) is 58.3 Å². The fourth-order valence-electron chi connectivity index (χ4n) is 2.61. The molecule has 1 aromatic rings. The van der Waals surface area contributed by atoms with Crippen LogP contribution >= 0.6 is 0 Å². The van der Waals surface area contributed by atoms with Crippen molar-refractivity contribution in [2.24, 2.45) is 5.92 Å². The quantitative estimate of drug-likeness (QED) is 0.356. The molecular formula is C19H28O4. The third kappa shape index (κ3) is 8.38. The summed E-state index contributed by atoms with van der Waals surface area (Å²) in [6.45, 7) is 1.91. The van der Waals surface area contributed by atoms with Crippen molar-refractivity contribution in [1.82, 2.24) is 0 Å². The van der Waals surface area contributed by atoms with Crippen LogP contribution in [0.1, 0.15) is 57.4 Å². The van der Waals surface area contributed by atoms with Gasteiger partial charge in [-0.3, -0.25) is 9.59 Å². The van der Waals surface area contributed by atoms with E-state index in [0.29, 0.717) is 6.42 Å². The topological polar surface area (TPSA) is 63.6 Å². The van der Waals surface area contributed by atoms with E-state index in [-0.39, 0.29) is 6.61 Å². The first-order valence-corrected chi connectivity index (χ1v) is 8.58. The van der Waals surface area contributed by atoms with Crippen LogP contribution in [-0.4, -0.2) is 23.7 Å². The first kappa shape index (κ1) is 19.2. The van der Waals surface area contributed by atoms with Gasteiger partial charge in [0.15, 0.2) is 5.92 Å². The van der Waals surface area contributed by atoms with Crippen molar-refractivity contribution in [3.63, 3.8) is 0 Å². The van der Waals surface area contributed by atoms with Crippen LogP contribution in [0.3, 0.4) is 0 Å². The molecule has 0 radical (unpaired) electrons. The van der Waals surface area contributed by atoms with Crippen molar-refractivity contribution in [2.75, 3.05) is 6.61 Å². The molecule has 23 heavy (non-hydrogen) atoms. The van der Waals surface area contributed by atoms with E-state index < -0.39 is 17.9 Å². The highest BCUT2D eigenvalue weighted by atomic mass is 16.5. The summed E-state index contributed by atoms with van der Waals surface area (Å²) in [5, 5.41) is 9.05. The maximum atomic E-state index is 11.5. The fourth-order valence-corrected chi connectivity index (χ4v) is 2.61. The first-order valence-electron chi connectivity index (χ1n) is 8.58. The minimum Gasteiger partial charge on any atom is -0.481 e. The maximum absolute atomic E-state index is 11.5. The van der Waals surface area contributed by atoms with Crippen molar-refractivity contribution in [3.05, 3.63) is 35.9 Å². The number of aliphatic carboxylic acids is 1. The summed E-state index contributed by atoms with van der Waals surface area (Å²) in [7, 11) is 0. The van der Waals surface area contributed by atoms with Gasteiger partial charge in [0.1, 0.15) is 0 Å². The largest absolute Gasteiger partial charge is 0.481 e. The molecule has 4 heteroatoms. The number of carboxylic acids is 1. The number of esters is 1. The smallest absolute Gasteiger partial charge is 0.320 e. The van der Waals surface area contributed by atoms with Crippen LogP contribution in [0.4, 0.5) is 0 Å². The molecule has 1 aromatic carbocycles. The molecule has 1 unspecified atom stereocenters. The van der Waals surface area contributed by atoms with Crippen LogP contribution in [0.2, 0.25) is 0 Å². The number of carboxylic acid groups (broad SMARTS) is 1. The minimum atomic E-state index is -1.08. The van der Waals surface area contributed by atoms with Crippen LogP contribution < -0.4 is 0 Å². The lowest BCUT2D eigenvalue weighted by molar-refractivity contribution is -0.158. The zero-order chi connectivity index (χ0) is 16.9. The van der Waals surface area contributed by atoms with Crippen LogP contribution in [0.15, 0.2) is 30.3 Å². The second-order valence-electron chi connectivity index (χ2n) is 5.79. The van der Waals surface area contributed by atoms with Crippen LogP contribution in [0.5, 0.6) is 0 Å². The molecule has 0 amide bonds. The average molecular weight is 320 g/mol. The number of rotatable bonds is 12. The lowest BCUT2D eigenvalue weighted by atomic mass is 10.00. The molecule has 0 aliphatic rings. The summed E-state index contributed by atoms with van der Waals surface area (Å²) in [5.41, 5.74) is 1.38. The summed E-state index contributed by atoms with van der Waals surface area (Å²) in [5.74, 6) is -2.69. The summed E-state index contributed by atoms with van der Waals surface area (Å²) in [6.07, 6.45) is 7.83. The Morgan fingerprint density at radius 1 is 1.00 bits per heavy atom. The van der Waals surface area contributed by atoms with Gasteiger partial charge >= 0.3 is 11.9 Å². The second kappa shape index (κ2) is 11.7. The monoisotopic (exact) mass is 320 g/mol. The molecule has 1 atom stereocenters. The number of carbonyl (C=O) groups is 2. The Morgan fingerprint density at radius 2 is 1.61 bits per heavy atom. The SMILES string of the molecule is CCOC(=O)C(CCCCCCCCc1ccccc1)C(=O)O. The lowest BCUT2D eigenvalue weighted by Crippen LogP contribution is -2.25. The van der Waals surface area contributed by atoms with E-state index in [9.17, 15) is 9.59 Å². The highest BCUT2D eigenvalue weighted by Crippen LogP contribution is 2.15. The van der Waals surface area contributed by atoms with Gasteiger partial charge in [-0.05, 0) is 31.7 Å². The molecule has 1 N–H and O–H groups in total. The zero-order valence-electron chi connectivity index (χ0n) is 14.0. The van der Waals surface area contributed by atoms with E-state index in [4.69, 9.17) is 9.84 Å². The average Bonchev–Trinajstić information content (AvgIpc) is 2.54. The molecule has 4 nitrogen and oxygen atoms in total. The summed E-state index contributed by atoms with van der Waals surface area (Å²) in [4.78, 5) is 22.6. The third-order valence-corrected chi connectivity index (χ3v) is 3.92. The summed E-state index contributed by atoms with van der Waals surface area (Å²) >= 11 is 0. The van der Waals surface area contributed by atoms with Crippen LogP contribution in [-0.2, 0) is 20.7 Å². The molecule has 0 fully saturated rings. The number of benzene rings is 1. The van der Waals surface area contributed by atoms with Crippen molar-refractivity contribution >= 4 is 11.9 Å². The molecule has 0 heterocycles. The van der Waals surface area contributed by atoms with Gasteiger partial charge in [0.05, 0.1) is 6.61 Å². The van der Waals surface area contributed by atoms with Gasteiger partial charge in [-0.25, -0.2) is 0 Å². The third-order valence-electron chi connectivity index (χ3n) is 3.92. The van der Waals surface area contributed by atoms with E-state index in [0.717, 1.165) is 32.1 Å². The Hall–Kier alpha value is -1.84. The highest BCUT2D eigenvalue weighted by molar-refractivity contribution is 5.93. The minimum absolute atomic E-state index is 0.226. The molecule has 0 saturated heterocycles. The van der Waals surface area contributed by atoms with Crippen molar-refractivity contribution in [1.29, 1.82) is 0 Å². The summed E-state index contributed by atoms with van der Waals surface area (Å²) in [6, 6.07) is 10.5. The van der Waals surface area contributed by atoms with E-state index in [1.807, 2.05) is 6.07 Å². The lowest BCUT2D eigenvalue weighted by Gasteiger charge is -2.10.